The Morgan fingerprint density at radius 2 is 1.76 bits per heavy atom. The molecule has 0 N–H and O–H groups in total. The molecule has 0 atom stereocenters. The third-order valence-corrected chi connectivity index (χ3v) is 3.18. The molecule has 0 fully saturated rings. The lowest BCUT2D eigenvalue weighted by atomic mass is 10.1. The molecule has 0 heterocycles. The van der Waals surface area contributed by atoms with Gasteiger partial charge in [-0.25, -0.2) is 0 Å². The van der Waals surface area contributed by atoms with E-state index < -0.39 is 0 Å². The lowest BCUT2D eigenvalue weighted by Crippen LogP contribution is -2.03. The predicted molar refractivity (Wildman–Crippen MR) is 83.1 cm³/mol. The quantitative estimate of drug-likeness (QED) is 0.747. The molecule has 0 amide bonds. The molecule has 21 heavy (non-hydrogen) atoms. The Hall–Kier alpha value is -2.29. The summed E-state index contributed by atoms with van der Waals surface area (Å²) in [4.78, 5) is 11.5. The summed E-state index contributed by atoms with van der Waals surface area (Å²) in [6, 6.07) is 13.3. The third kappa shape index (κ3) is 4.09. The summed E-state index contributed by atoms with van der Waals surface area (Å²) in [5, 5.41) is 0. The van der Waals surface area contributed by atoms with Gasteiger partial charge in [0.05, 0.1) is 6.61 Å². The van der Waals surface area contributed by atoms with Crippen molar-refractivity contribution < 1.29 is 14.3 Å². The monoisotopic (exact) mass is 284 g/mol. The van der Waals surface area contributed by atoms with Crippen molar-refractivity contribution >= 4 is 5.78 Å². The fourth-order valence-electron chi connectivity index (χ4n) is 2.00. The summed E-state index contributed by atoms with van der Waals surface area (Å²) >= 11 is 0. The van der Waals surface area contributed by atoms with Crippen LogP contribution in [0.1, 0.15) is 35.3 Å². The molecule has 0 aliphatic rings. The van der Waals surface area contributed by atoms with E-state index in [1.165, 1.54) is 5.56 Å². The number of Topliss-reactive ketones (excluding diaryl/α,β-unsaturated/α-hetero) is 1. The topological polar surface area (TPSA) is 35.5 Å². The third-order valence-electron chi connectivity index (χ3n) is 3.18. The highest BCUT2D eigenvalue weighted by Gasteiger charge is 2.08. The molecule has 0 spiro atoms. The number of ether oxygens (including phenoxy) is 2. The molecule has 3 nitrogen and oxygen atoms in total. The summed E-state index contributed by atoms with van der Waals surface area (Å²) < 4.78 is 11.4. The van der Waals surface area contributed by atoms with Crippen LogP contribution >= 0.6 is 0 Å². The van der Waals surface area contributed by atoms with E-state index >= 15 is 0 Å². The van der Waals surface area contributed by atoms with Gasteiger partial charge in [-0.3, -0.25) is 4.79 Å². The van der Waals surface area contributed by atoms with E-state index in [1.807, 2.05) is 50.2 Å². The lowest BCUT2D eigenvalue weighted by molar-refractivity contribution is 0.101. The van der Waals surface area contributed by atoms with E-state index in [4.69, 9.17) is 9.47 Å². The van der Waals surface area contributed by atoms with Crippen molar-refractivity contribution in [2.24, 2.45) is 0 Å². The summed E-state index contributed by atoms with van der Waals surface area (Å²) in [6.45, 7) is 6.48. The fraction of sp³-hybridized carbons (Fsp3) is 0.278. The van der Waals surface area contributed by atoms with Gasteiger partial charge in [-0.15, -0.1) is 0 Å². The van der Waals surface area contributed by atoms with Gasteiger partial charge in [0, 0.05) is 11.1 Å². The second kappa shape index (κ2) is 6.93. The Morgan fingerprint density at radius 1 is 1.05 bits per heavy atom. The first-order chi connectivity index (χ1) is 10.1. The van der Waals surface area contributed by atoms with E-state index in [2.05, 4.69) is 0 Å². The van der Waals surface area contributed by atoms with Crippen LogP contribution in [0, 0.1) is 6.92 Å². The van der Waals surface area contributed by atoms with Gasteiger partial charge in [0.25, 0.3) is 0 Å². The molecule has 0 aromatic heterocycles. The minimum Gasteiger partial charge on any atom is -0.493 e. The SMILES string of the molecule is CCOc1ccc(C(C)=O)cc1COc1ccc(C)cc1. The molecule has 3 heteroatoms. The van der Waals surface area contributed by atoms with E-state index in [0.29, 0.717) is 18.8 Å². The molecule has 0 saturated heterocycles. The van der Waals surface area contributed by atoms with Gasteiger partial charge >= 0.3 is 0 Å². The smallest absolute Gasteiger partial charge is 0.159 e. The number of rotatable bonds is 6. The Bertz CT molecular complexity index is 615. The maximum Gasteiger partial charge on any atom is 0.159 e. The molecule has 0 aliphatic carbocycles. The Balaban J connectivity index is 2.17. The van der Waals surface area contributed by atoms with Gasteiger partial charge < -0.3 is 9.47 Å². The van der Waals surface area contributed by atoms with Gasteiger partial charge in [-0.2, -0.15) is 0 Å². The molecular weight excluding hydrogens is 264 g/mol. The second-order valence-electron chi connectivity index (χ2n) is 4.91. The fourth-order valence-corrected chi connectivity index (χ4v) is 2.00. The molecule has 0 radical (unpaired) electrons. The van der Waals surface area contributed by atoms with Crippen molar-refractivity contribution in [2.45, 2.75) is 27.4 Å². The summed E-state index contributed by atoms with van der Waals surface area (Å²) in [6.07, 6.45) is 0. The first-order valence-electron chi connectivity index (χ1n) is 7.06. The first kappa shape index (κ1) is 15.1. The molecule has 110 valence electrons. The van der Waals surface area contributed by atoms with Gasteiger partial charge in [-0.1, -0.05) is 17.7 Å². The zero-order chi connectivity index (χ0) is 15.2. The maximum absolute atomic E-state index is 11.5. The van der Waals surface area contributed by atoms with Crippen LogP contribution < -0.4 is 9.47 Å². The summed E-state index contributed by atoms with van der Waals surface area (Å²) in [5.41, 5.74) is 2.74. The lowest BCUT2D eigenvalue weighted by Gasteiger charge is -2.13. The molecule has 0 bridgehead atoms. The van der Waals surface area contributed by atoms with Crippen molar-refractivity contribution in [3.8, 4) is 11.5 Å². The number of aryl methyl sites for hydroxylation is 1. The average Bonchev–Trinajstić information content (AvgIpc) is 2.48. The van der Waals surface area contributed by atoms with Crippen molar-refractivity contribution in [2.75, 3.05) is 6.61 Å². The largest absolute Gasteiger partial charge is 0.493 e. The van der Waals surface area contributed by atoms with Crippen molar-refractivity contribution in [1.82, 2.24) is 0 Å². The van der Waals surface area contributed by atoms with Gasteiger partial charge in [0.1, 0.15) is 18.1 Å². The van der Waals surface area contributed by atoms with Crippen LogP contribution in [0.25, 0.3) is 0 Å². The molecule has 0 unspecified atom stereocenters. The normalized spacial score (nSPS) is 10.2. The summed E-state index contributed by atoms with van der Waals surface area (Å²) in [5.74, 6) is 1.60. The number of carbonyl (C=O) groups is 1. The van der Waals surface area contributed by atoms with Crippen LogP contribution in [0.15, 0.2) is 42.5 Å². The van der Waals surface area contributed by atoms with Crippen LogP contribution in [-0.2, 0) is 6.61 Å². The van der Waals surface area contributed by atoms with E-state index in [9.17, 15) is 4.79 Å². The summed E-state index contributed by atoms with van der Waals surface area (Å²) in [7, 11) is 0. The van der Waals surface area contributed by atoms with Crippen LogP contribution in [0.2, 0.25) is 0 Å². The number of hydrogen-bond donors (Lipinski definition) is 0. The molecule has 2 rings (SSSR count). The molecule has 2 aromatic carbocycles. The highest BCUT2D eigenvalue weighted by atomic mass is 16.5. The van der Waals surface area contributed by atoms with Crippen molar-refractivity contribution in [3.63, 3.8) is 0 Å². The van der Waals surface area contributed by atoms with Crippen LogP contribution in [-0.4, -0.2) is 12.4 Å². The Morgan fingerprint density at radius 3 is 2.38 bits per heavy atom. The molecular formula is C18H20O3. The number of benzene rings is 2. The highest BCUT2D eigenvalue weighted by molar-refractivity contribution is 5.94. The van der Waals surface area contributed by atoms with Gasteiger partial charge in [-0.05, 0) is 51.1 Å². The second-order valence-corrected chi connectivity index (χ2v) is 4.91. The molecule has 2 aromatic rings. The van der Waals surface area contributed by atoms with Crippen LogP contribution in [0.4, 0.5) is 0 Å². The average molecular weight is 284 g/mol. The zero-order valence-corrected chi connectivity index (χ0v) is 12.7. The number of hydrogen-bond acceptors (Lipinski definition) is 3. The van der Waals surface area contributed by atoms with Crippen LogP contribution in [0.3, 0.4) is 0 Å². The van der Waals surface area contributed by atoms with Gasteiger partial charge in [0.15, 0.2) is 5.78 Å². The minimum absolute atomic E-state index is 0.0367. The van der Waals surface area contributed by atoms with E-state index in [1.54, 1.807) is 13.0 Å². The van der Waals surface area contributed by atoms with Crippen LogP contribution in [0.5, 0.6) is 11.5 Å². The predicted octanol–water partition coefficient (Wildman–Crippen LogP) is 4.18. The maximum atomic E-state index is 11.5. The van der Waals surface area contributed by atoms with Crippen molar-refractivity contribution in [3.05, 3.63) is 59.2 Å². The first-order valence-corrected chi connectivity index (χ1v) is 7.06. The molecule has 0 saturated carbocycles. The molecule has 0 aliphatic heterocycles. The standard InChI is InChI=1S/C18H20O3/c1-4-20-18-10-7-15(14(3)19)11-16(18)12-21-17-8-5-13(2)6-9-17/h5-11H,4,12H2,1-3H3. The van der Waals surface area contributed by atoms with E-state index in [-0.39, 0.29) is 5.78 Å². The van der Waals surface area contributed by atoms with E-state index in [0.717, 1.165) is 17.1 Å². The number of ketones is 1. The minimum atomic E-state index is 0.0367. The Kier molecular flexibility index (Phi) is 4.99. The zero-order valence-electron chi connectivity index (χ0n) is 12.7. The van der Waals surface area contributed by atoms with Gasteiger partial charge in [0.2, 0.25) is 0 Å². The Labute approximate surface area is 125 Å². The number of carbonyl (C=O) groups excluding carboxylic acids is 1. The van der Waals surface area contributed by atoms with Crippen molar-refractivity contribution in [1.29, 1.82) is 0 Å². The highest BCUT2D eigenvalue weighted by Crippen LogP contribution is 2.23.